The standard InChI is InChI=1S/C21H24N4O2S/c1-3-4-7-12-22-19(26)14-28-21-24-17-9-6-5-8-16(17)20(27)25(21)18-11-10-15(2)13-23-18/h5-6,8-11,13H,3-4,7,12,14H2,1-2H3,(H,22,26). The highest BCUT2D eigenvalue weighted by atomic mass is 32.2. The number of hydrogen-bond donors (Lipinski definition) is 1. The van der Waals surface area contributed by atoms with Gasteiger partial charge in [0.05, 0.1) is 16.7 Å². The molecule has 0 radical (unpaired) electrons. The summed E-state index contributed by atoms with van der Waals surface area (Å²) in [6.07, 6.45) is 4.89. The summed E-state index contributed by atoms with van der Waals surface area (Å²) in [7, 11) is 0. The summed E-state index contributed by atoms with van der Waals surface area (Å²) in [5.41, 5.74) is 1.43. The molecule has 0 aliphatic heterocycles. The quantitative estimate of drug-likeness (QED) is 0.358. The maximum absolute atomic E-state index is 13.1. The number of carbonyl (C=O) groups excluding carboxylic acids is 1. The Kier molecular flexibility index (Phi) is 6.81. The molecule has 2 aromatic heterocycles. The van der Waals surface area contributed by atoms with Crippen molar-refractivity contribution in [1.29, 1.82) is 0 Å². The number of hydrogen-bond acceptors (Lipinski definition) is 5. The third-order valence-electron chi connectivity index (χ3n) is 4.30. The zero-order valence-corrected chi connectivity index (χ0v) is 17.0. The highest BCUT2D eigenvalue weighted by Gasteiger charge is 2.15. The molecule has 3 rings (SSSR count). The predicted molar refractivity (Wildman–Crippen MR) is 113 cm³/mol. The first kappa shape index (κ1) is 20.1. The van der Waals surface area contributed by atoms with Gasteiger partial charge in [-0.1, -0.05) is 49.7 Å². The molecule has 0 saturated carbocycles. The Morgan fingerprint density at radius 3 is 2.75 bits per heavy atom. The van der Waals surface area contributed by atoms with Gasteiger partial charge in [0.1, 0.15) is 5.82 Å². The topological polar surface area (TPSA) is 76.9 Å². The van der Waals surface area contributed by atoms with Crippen molar-refractivity contribution in [2.75, 3.05) is 12.3 Å². The van der Waals surface area contributed by atoms with Crippen LogP contribution in [0.3, 0.4) is 0 Å². The second-order valence-electron chi connectivity index (χ2n) is 6.59. The summed E-state index contributed by atoms with van der Waals surface area (Å²) in [6, 6.07) is 10.9. The van der Waals surface area contributed by atoms with Gasteiger partial charge in [-0.25, -0.2) is 14.5 Å². The number of aromatic nitrogens is 3. The van der Waals surface area contributed by atoms with Crippen LogP contribution < -0.4 is 10.9 Å². The summed E-state index contributed by atoms with van der Waals surface area (Å²) >= 11 is 1.25. The Bertz CT molecular complexity index is 1020. The zero-order chi connectivity index (χ0) is 19.9. The number of benzene rings is 1. The third-order valence-corrected chi connectivity index (χ3v) is 5.24. The molecule has 0 aliphatic carbocycles. The van der Waals surface area contributed by atoms with E-state index in [0.717, 1.165) is 24.8 Å². The fraction of sp³-hybridized carbons (Fsp3) is 0.333. The predicted octanol–water partition coefficient (Wildman–Crippen LogP) is 3.49. The number of unbranched alkanes of at least 4 members (excludes halogenated alkanes) is 2. The lowest BCUT2D eigenvalue weighted by Crippen LogP contribution is -2.27. The summed E-state index contributed by atoms with van der Waals surface area (Å²) in [6.45, 7) is 4.74. The van der Waals surface area contributed by atoms with Crippen molar-refractivity contribution in [2.24, 2.45) is 0 Å². The smallest absolute Gasteiger partial charge is 0.267 e. The van der Waals surface area contributed by atoms with Crippen LogP contribution in [0.2, 0.25) is 0 Å². The van der Waals surface area contributed by atoms with Gasteiger partial charge in [-0.2, -0.15) is 0 Å². The number of rotatable bonds is 8. The number of para-hydroxylation sites is 1. The lowest BCUT2D eigenvalue weighted by Gasteiger charge is -2.12. The van der Waals surface area contributed by atoms with Crippen molar-refractivity contribution in [3.8, 4) is 5.82 Å². The van der Waals surface area contributed by atoms with Crippen molar-refractivity contribution < 1.29 is 4.79 Å². The monoisotopic (exact) mass is 396 g/mol. The second kappa shape index (κ2) is 9.50. The molecule has 28 heavy (non-hydrogen) atoms. The molecule has 0 atom stereocenters. The van der Waals surface area contributed by atoms with E-state index in [-0.39, 0.29) is 17.2 Å². The zero-order valence-electron chi connectivity index (χ0n) is 16.1. The molecule has 3 aromatic rings. The van der Waals surface area contributed by atoms with E-state index < -0.39 is 0 Å². The highest BCUT2D eigenvalue weighted by molar-refractivity contribution is 7.99. The van der Waals surface area contributed by atoms with E-state index in [1.807, 2.05) is 25.1 Å². The lowest BCUT2D eigenvalue weighted by atomic mass is 10.2. The normalized spacial score (nSPS) is 10.9. The molecule has 2 heterocycles. The van der Waals surface area contributed by atoms with E-state index in [0.29, 0.717) is 28.4 Å². The van der Waals surface area contributed by atoms with Crippen LogP contribution in [0.5, 0.6) is 0 Å². The number of amides is 1. The molecule has 1 amide bonds. The van der Waals surface area contributed by atoms with Crippen molar-refractivity contribution in [1.82, 2.24) is 19.9 Å². The van der Waals surface area contributed by atoms with E-state index in [1.165, 1.54) is 16.3 Å². The Morgan fingerprint density at radius 2 is 2.00 bits per heavy atom. The van der Waals surface area contributed by atoms with Gasteiger partial charge < -0.3 is 5.32 Å². The molecule has 146 valence electrons. The van der Waals surface area contributed by atoms with E-state index in [1.54, 1.807) is 24.4 Å². The van der Waals surface area contributed by atoms with E-state index in [4.69, 9.17) is 0 Å². The van der Waals surface area contributed by atoms with Gasteiger partial charge in [0, 0.05) is 12.7 Å². The lowest BCUT2D eigenvalue weighted by molar-refractivity contribution is -0.118. The van der Waals surface area contributed by atoms with Crippen LogP contribution >= 0.6 is 11.8 Å². The summed E-state index contributed by atoms with van der Waals surface area (Å²) < 4.78 is 1.48. The average Bonchev–Trinajstić information content (AvgIpc) is 2.71. The van der Waals surface area contributed by atoms with E-state index >= 15 is 0 Å². The minimum absolute atomic E-state index is 0.0630. The molecular weight excluding hydrogens is 372 g/mol. The van der Waals surface area contributed by atoms with Crippen molar-refractivity contribution in [2.45, 2.75) is 38.3 Å². The Hall–Kier alpha value is -2.67. The summed E-state index contributed by atoms with van der Waals surface area (Å²) in [5, 5.41) is 3.90. The van der Waals surface area contributed by atoms with Crippen LogP contribution in [0, 0.1) is 6.92 Å². The number of thioether (sulfide) groups is 1. The minimum atomic E-state index is -0.187. The van der Waals surface area contributed by atoms with Crippen LogP contribution in [0.1, 0.15) is 31.7 Å². The molecular formula is C21H24N4O2S. The third kappa shape index (κ3) is 4.78. The first-order chi connectivity index (χ1) is 13.6. The molecule has 1 aromatic carbocycles. The summed E-state index contributed by atoms with van der Waals surface area (Å²) in [4.78, 5) is 34.3. The summed E-state index contributed by atoms with van der Waals surface area (Å²) in [5.74, 6) is 0.634. The van der Waals surface area contributed by atoms with Crippen LogP contribution in [-0.4, -0.2) is 32.7 Å². The van der Waals surface area contributed by atoms with E-state index in [2.05, 4.69) is 22.2 Å². The molecule has 0 aliphatic rings. The fourth-order valence-corrected chi connectivity index (χ4v) is 3.62. The first-order valence-corrected chi connectivity index (χ1v) is 10.4. The first-order valence-electron chi connectivity index (χ1n) is 9.44. The van der Waals surface area contributed by atoms with Crippen LogP contribution in [0.15, 0.2) is 52.5 Å². The molecule has 0 fully saturated rings. The molecule has 1 N–H and O–H groups in total. The van der Waals surface area contributed by atoms with Crippen molar-refractivity contribution in [3.63, 3.8) is 0 Å². The molecule has 0 spiro atoms. The molecule has 6 nitrogen and oxygen atoms in total. The maximum Gasteiger partial charge on any atom is 0.267 e. The van der Waals surface area contributed by atoms with Gasteiger partial charge in [-0.05, 0) is 37.1 Å². The van der Waals surface area contributed by atoms with Crippen LogP contribution in [-0.2, 0) is 4.79 Å². The average molecular weight is 397 g/mol. The Morgan fingerprint density at radius 1 is 1.18 bits per heavy atom. The Balaban J connectivity index is 1.89. The van der Waals surface area contributed by atoms with E-state index in [9.17, 15) is 9.59 Å². The number of fused-ring (bicyclic) bond motifs is 1. The number of nitrogens with one attached hydrogen (secondary N) is 1. The number of carbonyl (C=O) groups is 1. The second-order valence-corrected chi connectivity index (χ2v) is 7.53. The van der Waals surface area contributed by atoms with Crippen LogP contribution in [0.25, 0.3) is 16.7 Å². The van der Waals surface area contributed by atoms with Gasteiger partial charge in [0.2, 0.25) is 5.91 Å². The van der Waals surface area contributed by atoms with Gasteiger partial charge >= 0.3 is 0 Å². The molecule has 0 saturated heterocycles. The van der Waals surface area contributed by atoms with Crippen molar-refractivity contribution in [3.05, 3.63) is 58.5 Å². The van der Waals surface area contributed by atoms with Gasteiger partial charge in [-0.15, -0.1) is 0 Å². The number of pyridine rings is 1. The minimum Gasteiger partial charge on any atom is -0.355 e. The van der Waals surface area contributed by atoms with Crippen molar-refractivity contribution >= 4 is 28.6 Å². The SMILES string of the molecule is CCCCCNC(=O)CSc1nc2ccccc2c(=O)n1-c1ccc(C)cn1. The fourth-order valence-electron chi connectivity index (χ4n) is 2.79. The largest absolute Gasteiger partial charge is 0.355 e. The molecule has 7 heteroatoms. The van der Waals surface area contributed by atoms with Gasteiger partial charge in [-0.3, -0.25) is 9.59 Å². The van der Waals surface area contributed by atoms with Gasteiger partial charge in [0.25, 0.3) is 5.56 Å². The highest BCUT2D eigenvalue weighted by Crippen LogP contribution is 2.20. The maximum atomic E-state index is 13.1. The number of aryl methyl sites for hydroxylation is 1. The van der Waals surface area contributed by atoms with Crippen LogP contribution in [0.4, 0.5) is 0 Å². The molecule has 0 bridgehead atoms. The Labute approximate surface area is 168 Å². The molecule has 0 unspecified atom stereocenters. The number of nitrogens with zero attached hydrogens (tertiary/aromatic N) is 3. The van der Waals surface area contributed by atoms with Gasteiger partial charge in [0.15, 0.2) is 5.16 Å².